The molecular formula is C14H18N2O2. The number of nitrogens with one attached hydrogen (secondary N) is 1. The molecule has 0 aliphatic rings. The van der Waals surface area contributed by atoms with Gasteiger partial charge in [-0.15, -0.1) is 0 Å². The van der Waals surface area contributed by atoms with Gasteiger partial charge in [0.05, 0.1) is 0 Å². The fourth-order valence-electron chi connectivity index (χ4n) is 1.89. The van der Waals surface area contributed by atoms with Crippen LogP contribution in [0.15, 0.2) is 28.7 Å². The molecule has 96 valence electrons. The predicted molar refractivity (Wildman–Crippen MR) is 71.6 cm³/mol. The number of hydrogen-bond donors (Lipinski definition) is 2. The second kappa shape index (κ2) is 5.23. The van der Waals surface area contributed by atoms with Gasteiger partial charge in [0, 0.05) is 11.4 Å². The van der Waals surface area contributed by atoms with Crippen molar-refractivity contribution in [2.75, 3.05) is 6.54 Å². The Morgan fingerprint density at radius 3 is 2.94 bits per heavy atom. The topological polar surface area (TPSA) is 68.3 Å². The largest absolute Gasteiger partial charge is 0.451 e. The number of hydrogen-bond acceptors (Lipinski definition) is 3. The SMILES string of the molecule is Cc1ccc2oc(C(=O)NC(C)CCN)cc2c1. The Morgan fingerprint density at radius 1 is 1.44 bits per heavy atom. The normalized spacial score (nSPS) is 12.6. The molecule has 2 rings (SSSR count). The van der Waals surface area contributed by atoms with Crippen LogP contribution in [0.25, 0.3) is 11.0 Å². The van der Waals surface area contributed by atoms with E-state index in [0.29, 0.717) is 12.3 Å². The van der Waals surface area contributed by atoms with Gasteiger partial charge >= 0.3 is 0 Å². The minimum atomic E-state index is -0.190. The van der Waals surface area contributed by atoms with Crippen molar-refractivity contribution in [3.63, 3.8) is 0 Å². The quantitative estimate of drug-likeness (QED) is 0.869. The number of aryl methyl sites for hydroxylation is 1. The molecule has 1 aromatic heterocycles. The molecule has 0 radical (unpaired) electrons. The van der Waals surface area contributed by atoms with E-state index in [0.717, 1.165) is 23.0 Å². The average Bonchev–Trinajstić information content (AvgIpc) is 2.72. The Hall–Kier alpha value is -1.81. The van der Waals surface area contributed by atoms with E-state index in [1.54, 1.807) is 6.07 Å². The molecule has 0 spiro atoms. The third-order valence-electron chi connectivity index (χ3n) is 2.87. The van der Waals surface area contributed by atoms with Gasteiger partial charge < -0.3 is 15.5 Å². The zero-order chi connectivity index (χ0) is 13.1. The first kappa shape index (κ1) is 12.6. The van der Waals surface area contributed by atoms with Crippen LogP contribution in [-0.4, -0.2) is 18.5 Å². The van der Waals surface area contributed by atoms with Gasteiger partial charge in [-0.3, -0.25) is 4.79 Å². The molecule has 4 heteroatoms. The lowest BCUT2D eigenvalue weighted by molar-refractivity contribution is 0.0913. The van der Waals surface area contributed by atoms with Crippen molar-refractivity contribution in [3.8, 4) is 0 Å². The molecule has 1 heterocycles. The highest BCUT2D eigenvalue weighted by Crippen LogP contribution is 2.20. The van der Waals surface area contributed by atoms with Crippen LogP contribution in [0.4, 0.5) is 0 Å². The number of carbonyl (C=O) groups is 1. The van der Waals surface area contributed by atoms with Crippen molar-refractivity contribution in [1.82, 2.24) is 5.32 Å². The van der Waals surface area contributed by atoms with Gasteiger partial charge in [0.1, 0.15) is 5.58 Å². The third kappa shape index (κ3) is 2.71. The maximum absolute atomic E-state index is 11.9. The Kier molecular flexibility index (Phi) is 3.67. The molecule has 1 amide bonds. The number of amides is 1. The van der Waals surface area contributed by atoms with Crippen molar-refractivity contribution in [1.29, 1.82) is 0 Å². The highest BCUT2D eigenvalue weighted by Gasteiger charge is 2.14. The molecule has 1 unspecified atom stereocenters. The molecule has 1 atom stereocenters. The first-order valence-corrected chi connectivity index (χ1v) is 6.11. The summed E-state index contributed by atoms with van der Waals surface area (Å²) in [7, 11) is 0. The molecule has 4 nitrogen and oxygen atoms in total. The summed E-state index contributed by atoms with van der Waals surface area (Å²) in [4.78, 5) is 11.9. The summed E-state index contributed by atoms with van der Waals surface area (Å²) in [6.45, 7) is 4.49. The van der Waals surface area contributed by atoms with Gasteiger partial charge in [0.25, 0.3) is 5.91 Å². The Bertz CT molecular complexity index is 560. The number of fused-ring (bicyclic) bond motifs is 1. The number of carbonyl (C=O) groups excluding carboxylic acids is 1. The number of furan rings is 1. The van der Waals surface area contributed by atoms with E-state index < -0.39 is 0 Å². The highest BCUT2D eigenvalue weighted by molar-refractivity contribution is 5.96. The van der Waals surface area contributed by atoms with Crippen LogP contribution in [0.1, 0.15) is 29.5 Å². The average molecular weight is 246 g/mol. The molecule has 0 aliphatic heterocycles. The van der Waals surface area contributed by atoms with Crippen LogP contribution in [0.3, 0.4) is 0 Å². The van der Waals surface area contributed by atoms with Crippen molar-refractivity contribution in [2.24, 2.45) is 5.73 Å². The van der Waals surface area contributed by atoms with Crippen molar-refractivity contribution in [3.05, 3.63) is 35.6 Å². The Balaban J connectivity index is 2.18. The lowest BCUT2D eigenvalue weighted by Crippen LogP contribution is -2.33. The zero-order valence-corrected chi connectivity index (χ0v) is 10.7. The Morgan fingerprint density at radius 2 is 2.22 bits per heavy atom. The summed E-state index contributed by atoms with van der Waals surface area (Å²) in [6.07, 6.45) is 0.755. The fraction of sp³-hybridized carbons (Fsp3) is 0.357. The highest BCUT2D eigenvalue weighted by atomic mass is 16.3. The molecule has 2 aromatic rings. The molecule has 0 fully saturated rings. The standard InChI is InChI=1S/C14H18N2O2/c1-9-3-4-12-11(7-9)8-13(18-12)14(17)16-10(2)5-6-15/h3-4,7-8,10H,5-6,15H2,1-2H3,(H,16,17). The molecule has 3 N–H and O–H groups in total. The van der Waals surface area contributed by atoms with Crippen LogP contribution in [-0.2, 0) is 0 Å². The van der Waals surface area contributed by atoms with Gasteiger partial charge in [-0.2, -0.15) is 0 Å². The second-order valence-electron chi connectivity index (χ2n) is 4.60. The van der Waals surface area contributed by atoms with Crippen LogP contribution in [0.5, 0.6) is 0 Å². The fourth-order valence-corrected chi connectivity index (χ4v) is 1.89. The molecule has 0 saturated carbocycles. The molecular weight excluding hydrogens is 228 g/mol. The molecule has 0 bridgehead atoms. The summed E-state index contributed by atoms with van der Waals surface area (Å²) < 4.78 is 5.52. The third-order valence-corrected chi connectivity index (χ3v) is 2.87. The van der Waals surface area contributed by atoms with Gasteiger partial charge in [0.2, 0.25) is 0 Å². The summed E-state index contributed by atoms with van der Waals surface area (Å²) in [5.74, 6) is 0.157. The van der Waals surface area contributed by atoms with Gasteiger partial charge in [0.15, 0.2) is 5.76 Å². The smallest absolute Gasteiger partial charge is 0.287 e. The first-order chi connectivity index (χ1) is 8.60. The van der Waals surface area contributed by atoms with Crippen molar-refractivity contribution >= 4 is 16.9 Å². The van der Waals surface area contributed by atoms with Crippen LogP contribution >= 0.6 is 0 Å². The molecule has 0 aliphatic carbocycles. The van der Waals surface area contributed by atoms with E-state index in [-0.39, 0.29) is 11.9 Å². The van der Waals surface area contributed by atoms with E-state index in [1.165, 1.54) is 0 Å². The first-order valence-electron chi connectivity index (χ1n) is 6.11. The van der Waals surface area contributed by atoms with Crippen molar-refractivity contribution in [2.45, 2.75) is 26.3 Å². The molecule has 0 saturated heterocycles. The zero-order valence-electron chi connectivity index (χ0n) is 10.7. The lowest BCUT2D eigenvalue weighted by Gasteiger charge is -2.10. The van der Waals surface area contributed by atoms with E-state index in [2.05, 4.69) is 5.32 Å². The maximum atomic E-state index is 11.9. The van der Waals surface area contributed by atoms with E-state index in [9.17, 15) is 4.79 Å². The van der Waals surface area contributed by atoms with Gasteiger partial charge in [-0.1, -0.05) is 11.6 Å². The van der Waals surface area contributed by atoms with Crippen LogP contribution in [0.2, 0.25) is 0 Å². The van der Waals surface area contributed by atoms with E-state index >= 15 is 0 Å². The summed E-state index contributed by atoms with van der Waals surface area (Å²) in [6, 6.07) is 7.67. The van der Waals surface area contributed by atoms with E-state index in [4.69, 9.17) is 10.2 Å². The van der Waals surface area contributed by atoms with E-state index in [1.807, 2.05) is 32.0 Å². The molecule has 18 heavy (non-hydrogen) atoms. The molecule has 1 aromatic carbocycles. The summed E-state index contributed by atoms with van der Waals surface area (Å²) in [5, 5.41) is 3.81. The Labute approximate surface area is 106 Å². The van der Waals surface area contributed by atoms with Crippen molar-refractivity contribution < 1.29 is 9.21 Å². The predicted octanol–water partition coefficient (Wildman–Crippen LogP) is 2.21. The minimum absolute atomic E-state index is 0.0532. The number of nitrogens with two attached hydrogens (primary N) is 1. The van der Waals surface area contributed by atoms with Crippen LogP contribution < -0.4 is 11.1 Å². The number of benzene rings is 1. The second-order valence-corrected chi connectivity index (χ2v) is 4.60. The number of rotatable bonds is 4. The monoisotopic (exact) mass is 246 g/mol. The van der Waals surface area contributed by atoms with Gasteiger partial charge in [-0.05, 0) is 45.0 Å². The van der Waals surface area contributed by atoms with Gasteiger partial charge in [-0.25, -0.2) is 0 Å². The minimum Gasteiger partial charge on any atom is -0.451 e. The maximum Gasteiger partial charge on any atom is 0.287 e. The summed E-state index contributed by atoms with van der Waals surface area (Å²) >= 11 is 0. The summed E-state index contributed by atoms with van der Waals surface area (Å²) in [5.41, 5.74) is 7.33. The van der Waals surface area contributed by atoms with Crippen LogP contribution in [0, 0.1) is 6.92 Å². The lowest BCUT2D eigenvalue weighted by atomic mass is 10.2.